The van der Waals surface area contributed by atoms with Gasteiger partial charge in [0.25, 0.3) is 0 Å². The van der Waals surface area contributed by atoms with Gasteiger partial charge in [-0.3, -0.25) is 4.79 Å². The maximum Gasteiger partial charge on any atom is 0.224 e. The molecule has 88 valence electrons. The molecule has 2 aromatic rings. The van der Waals surface area contributed by atoms with E-state index < -0.39 is 0 Å². The van der Waals surface area contributed by atoms with Crippen molar-refractivity contribution < 1.29 is 4.79 Å². The highest BCUT2D eigenvalue weighted by Crippen LogP contribution is 2.20. The van der Waals surface area contributed by atoms with E-state index in [-0.39, 0.29) is 5.91 Å². The molecule has 0 fully saturated rings. The summed E-state index contributed by atoms with van der Waals surface area (Å²) < 4.78 is 0. The first kappa shape index (κ1) is 11.7. The number of para-hydroxylation sites is 1. The zero-order valence-corrected chi connectivity index (χ0v) is 10.00. The minimum atomic E-state index is -0.0345. The maximum absolute atomic E-state index is 11.7. The van der Waals surface area contributed by atoms with Crippen LogP contribution in [0.5, 0.6) is 0 Å². The van der Waals surface area contributed by atoms with E-state index in [2.05, 4.69) is 10.3 Å². The van der Waals surface area contributed by atoms with Gasteiger partial charge in [-0.25, -0.2) is 0 Å². The van der Waals surface area contributed by atoms with Gasteiger partial charge in [-0.1, -0.05) is 23.7 Å². The van der Waals surface area contributed by atoms with Gasteiger partial charge in [0.15, 0.2) is 0 Å². The van der Waals surface area contributed by atoms with Crippen molar-refractivity contribution in [3.63, 3.8) is 0 Å². The molecule has 0 radical (unpaired) electrons. The Balaban J connectivity index is 1.87. The summed E-state index contributed by atoms with van der Waals surface area (Å²) in [6.07, 6.45) is 2.98. The SMILES string of the molecule is O=C(CCc1ccc[nH]1)Nc1ccccc1Cl. The van der Waals surface area contributed by atoms with Gasteiger partial charge in [0.05, 0.1) is 10.7 Å². The predicted octanol–water partition coefficient (Wildman–Crippen LogP) is 3.24. The van der Waals surface area contributed by atoms with Crippen LogP contribution in [0.25, 0.3) is 0 Å². The van der Waals surface area contributed by atoms with E-state index in [1.807, 2.05) is 30.5 Å². The Morgan fingerprint density at radius 1 is 1.24 bits per heavy atom. The second kappa shape index (κ2) is 5.55. The van der Waals surface area contributed by atoms with Crippen LogP contribution in [-0.2, 0) is 11.2 Å². The third-order valence-corrected chi connectivity index (χ3v) is 2.76. The molecule has 17 heavy (non-hydrogen) atoms. The maximum atomic E-state index is 11.7. The standard InChI is InChI=1S/C13H13ClN2O/c14-11-5-1-2-6-12(11)16-13(17)8-7-10-4-3-9-15-10/h1-6,9,15H,7-8H2,(H,16,17). The highest BCUT2D eigenvalue weighted by atomic mass is 35.5. The Kier molecular flexibility index (Phi) is 3.83. The molecule has 4 heteroatoms. The van der Waals surface area contributed by atoms with Crippen molar-refractivity contribution in [1.82, 2.24) is 4.98 Å². The Bertz CT molecular complexity index is 494. The van der Waals surface area contributed by atoms with E-state index in [1.54, 1.807) is 12.1 Å². The molecule has 3 nitrogen and oxygen atoms in total. The summed E-state index contributed by atoms with van der Waals surface area (Å²) in [5, 5.41) is 3.34. The molecule has 2 rings (SSSR count). The van der Waals surface area contributed by atoms with Gasteiger partial charge in [-0.15, -0.1) is 0 Å². The molecule has 0 atom stereocenters. The molecule has 0 aliphatic carbocycles. The lowest BCUT2D eigenvalue weighted by Crippen LogP contribution is -2.12. The van der Waals surface area contributed by atoms with E-state index in [0.29, 0.717) is 23.6 Å². The van der Waals surface area contributed by atoms with Crippen molar-refractivity contribution in [3.05, 3.63) is 53.3 Å². The fourth-order valence-corrected chi connectivity index (χ4v) is 1.73. The molecule has 2 N–H and O–H groups in total. The second-order valence-corrected chi connectivity index (χ2v) is 4.13. The molecule has 0 saturated carbocycles. The van der Waals surface area contributed by atoms with E-state index in [0.717, 1.165) is 5.69 Å². The first-order chi connectivity index (χ1) is 8.25. The molecule has 0 unspecified atom stereocenters. The number of benzene rings is 1. The number of hydrogen-bond donors (Lipinski definition) is 2. The topological polar surface area (TPSA) is 44.9 Å². The highest BCUT2D eigenvalue weighted by molar-refractivity contribution is 6.33. The number of rotatable bonds is 4. The average Bonchev–Trinajstić information content (AvgIpc) is 2.82. The number of H-pyrrole nitrogens is 1. The number of aryl methyl sites for hydroxylation is 1. The van der Waals surface area contributed by atoms with Crippen LogP contribution in [-0.4, -0.2) is 10.9 Å². The van der Waals surface area contributed by atoms with Gasteiger partial charge < -0.3 is 10.3 Å². The van der Waals surface area contributed by atoms with Crippen molar-refractivity contribution >= 4 is 23.2 Å². The molecule has 0 aliphatic heterocycles. The van der Waals surface area contributed by atoms with E-state index >= 15 is 0 Å². The number of aromatic nitrogens is 1. The highest BCUT2D eigenvalue weighted by Gasteiger charge is 2.05. The normalized spacial score (nSPS) is 10.2. The van der Waals surface area contributed by atoms with Crippen molar-refractivity contribution in [2.45, 2.75) is 12.8 Å². The molecule has 1 aromatic carbocycles. The fraction of sp³-hybridized carbons (Fsp3) is 0.154. The first-order valence-corrected chi connectivity index (χ1v) is 5.80. The Morgan fingerprint density at radius 3 is 2.76 bits per heavy atom. The zero-order chi connectivity index (χ0) is 12.1. The van der Waals surface area contributed by atoms with E-state index in [1.165, 1.54) is 0 Å². The number of carbonyl (C=O) groups is 1. The van der Waals surface area contributed by atoms with Crippen molar-refractivity contribution in [3.8, 4) is 0 Å². The first-order valence-electron chi connectivity index (χ1n) is 5.42. The van der Waals surface area contributed by atoms with Gasteiger partial charge in [0.2, 0.25) is 5.91 Å². The Hall–Kier alpha value is -1.74. The number of aromatic amines is 1. The molecule has 1 heterocycles. The smallest absolute Gasteiger partial charge is 0.224 e. The molecular weight excluding hydrogens is 236 g/mol. The van der Waals surface area contributed by atoms with Crippen LogP contribution in [0.4, 0.5) is 5.69 Å². The Morgan fingerprint density at radius 2 is 2.06 bits per heavy atom. The number of hydrogen-bond acceptors (Lipinski definition) is 1. The van der Waals surface area contributed by atoms with E-state index in [9.17, 15) is 4.79 Å². The summed E-state index contributed by atoms with van der Waals surface area (Å²) in [4.78, 5) is 14.7. The van der Waals surface area contributed by atoms with Crippen LogP contribution in [0.1, 0.15) is 12.1 Å². The third-order valence-electron chi connectivity index (χ3n) is 2.43. The van der Waals surface area contributed by atoms with Crippen LogP contribution in [0.3, 0.4) is 0 Å². The van der Waals surface area contributed by atoms with Crippen molar-refractivity contribution in [1.29, 1.82) is 0 Å². The number of nitrogens with one attached hydrogen (secondary N) is 2. The van der Waals surface area contributed by atoms with Crippen molar-refractivity contribution in [2.24, 2.45) is 0 Å². The molecule has 1 aromatic heterocycles. The summed E-state index contributed by atoms with van der Waals surface area (Å²) in [5.41, 5.74) is 1.71. The number of halogens is 1. The largest absolute Gasteiger partial charge is 0.365 e. The second-order valence-electron chi connectivity index (χ2n) is 3.72. The minimum absolute atomic E-state index is 0.0345. The molecule has 0 aliphatic rings. The average molecular weight is 249 g/mol. The summed E-state index contributed by atoms with van der Waals surface area (Å²) >= 11 is 5.95. The lowest BCUT2D eigenvalue weighted by molar-refractivity contribution is -0.116. The number of carbonyl (C=O) groups excluding carboxylic acids is 1. The fourth-order valence-electron chi connectivity index (χ4n) is 1.55. The summed E-state index contributed by atoms with van der Waals surface area (Å²) in [6, 6.07) is 11.1. The molecule has 0 saturated heterocycles. The van der Waals surface area contributed by atoms with Gasteiger partial charge in [-0.05, 0) is 30.7 Å². The zero-order valence-electron chi connectivity index (χ0n) is 9.24. The van der Waals surface area contributed by atoms with Crippen LogP contribution >= 0.6 is 11.6 Å². The lowest BCUT2D eigenvalue weighted by Gasteiger charge is -2.06. The summed E-state index contributed by atoms with van der Waals surface area (Å²) in [5.74, 6) is -0.0345. The molecular formula is C13H13ClN2O. The minimum Gasteiger partial charge on any atom is -0.365 e. The Labute approximate surface area is 105 Å². The summed E-state index contributed by atoms with van der Waals surface area (Å²) in [6.45, 7) is 0. The number of anilines is 1. The van der Waals surface area contributed by atoms with Crippen LogP contribution in [0, 0.1) is 0 Å². The van der Waals surface area contributed by atoms with Gasteiger partial charge in [0, 0.05) is 18.3 Å². The van der Waals surface area contributed by atoms with Crippen LogP contribution < -0.4 is 5.32 Å². The monoisotopic (exact) mass is 248 g/mol. The summed E-state index contributed by atoms with van der Waals surface area (Å²) in [7, 11) is 0. The lowest BCUT2D eigenvalue weighted by atomic mass is 10.2. The quantitative estimate of drug-likeness (QED) is 0.857. The van der Waals surface area contributed by atoms with Crippen molar-refractivity contribution in [2.75, 3.05) is 5.32 Å². The third kappa shape index (κ3) is 3.36. The van der Waals surface area contributed by atoms with Gasteiger partial charge in [0.1, 0.15) is 0 Å². The predicted molar refractivity (Wildman–Crippen MR) is 69.2 cm³/mol. The van der Waals surface area contributed by atoms with E-state index in [4.69, 9.17) is 11.6 Å². The van der Waals surface area contributed by atoms with Gasteiger partial charge in [-0.2, -0.15) is 0 Å². The molecule has 1 amide bonds. The molecule has 0 bridgehead atoms. The van der Waals surface area contributed by atoms with Gasteiger partial charge >= 0.3 is 0 Å². The number of amides is 1. The van der Waals surface area contributed by atoms with Crippen LogP contribution in [0.15, 0.2) is 42.6 Å². The van der Waals surface area contributed by atoms with Crippen LogP contribution in [0.2, 0.25) is 5.02 Å². The molecule has 0 spiro atoms.